The number of carbonyl (C=O) groups excluding carboxylic acids is 1. The number of carbonyl (C=O) groups is 1. The molecule has 1 heterocycles. The number of para-hydroxylation sites is 1. The Bertz CT molecular complexity index is 898. The highest BCUT2D eigenvalue weighted by atomic mass is 16.1. The summed E-state index contributed by atoms with van der Waals surface area (Å²) in [6, 6.07) is 14.1. The standard InChI is InChI=1S/C18H17N3O2/c1-2-11-19-17(22)13-7-9-14(10-8-13)21-12-20-16-6-4-3-5-15(16)18(21)23/h3-10,12H,2,11H2,1H3,(H,19,22). The van der Waals surface area contributed by atoms with E-state index in [1.165, 1.54) is 10.9 Å². The summed E-state index contributed by atoms with van der Waals surface area (Å²) in [6.07, 6.45) is 2.40. The molecule has 5 nitrogen and oxygen atoms in total. The third-order valence-corrected chi connectivity index (χ3v) is 3.61. The largest absolute Gasteiger partial charge is 0.352 e. The van der Waals surface area contributed by atoms with E-state index in [4.69, 9.17) is 0 Å². The Morgan fingerprint density at radius 3 is 2.61 bits per heavy atom. The topological polar surface area (TPSA) is 64.0 Å². The molecule has 1 amide bonds. The van der Waals surface area contributed by atoms with Gasteiger partial charge in [0, 0.05) is 12.1 Å². The van der Waals surface area contributed by atoms with E-state index >= 15 is 0 Å². The average molecular weight is 307 g/mol. The van der Waals surface area contributed by atoms with Crippen LogP contribution in [0.25, 0.3) is 16.6 Å². The van der Waals surface area contributed by atoms with Gasteiger partial charge in [0.05, 0.1) is 16.6 Å². The number of rotatable bonds is 4. The molecule has 116 valence electrons. The van der Waals surface area contributed by atoms with E-state index in [9.17, 15) is 9.59 Å². The van der Waals surface area contributed by atoms with Crippen LogP contribution in [0.4, 0.5) is 0 Å². The second-order valence-electron chi connectivity index (χ2n) is 5.24. The maximum Gasteiger partial charge on any atom is 0.265 e. The molecule has 0 saturated carbocycles. The monoisotopic (exact) mass is 307 g/mol. The molecule has 0 unspecified atom stereocenters. The molecule has 0 fully saturated rings. The van der Waals surface area contributed by atoms with Crippen LogP contribution in [0.2, 0.25) is 0 Å². The molecule has 0 saturated heterocycles. The Morgan fingerprint density at radius 1 is 1.13 bits per heavy atom. The maximum atomic E-state index is 12.5. The van der Waals surface area contributed by atoms with Crippen molar-refractivity contribution in [2.45, 2.75) is 13.3 Å². The Balaban J connectivity index is 1.95. The van der Waals surface area contributed by atoms with E-state index < -0.39 is 0 Å². The molecule has 1 N–H and O–H groups in total. The van der Waals surface area contributed by atoms with Gasteiger partial charge in [0.1, 0.15) is 6.33 Å². The van der Waals surface area contributed by atoms with Gasteiger partial charge in [-0.2, -0.15) is 0 Å². The van der Waals surface area contributed by atoms with Crippen LogP contribution in [-0.2, 0) is 0 Å². The third-order valence-electron chi connectivity index (χ3n) is 3.61. The van der Waals surface area contributed by atoms with Crippen molar-refractivity contribution in [1.29, 1.82) is 0 Å². The molecule has 3 aromatic rings. The quantitative estimate of drug-likeness (QED) is 0.805. The third kappa shape index (κ3) is 2.99. The molecule has 0 bridgehead atoms. The van der Waals surface area contributed by atoms with E-state index in [0.29, 0.717) is 28.7 Å². The Labute approximate surface area is 133 Å². The molecular formula is C18H17N3O2. The summed E-state index contributed by atoms with van der Waals surface area (Å²) in [7, 11) is 0. The van der Waals surface area contributed by atoms with E-state index in [-0.39, 0.29) is 11.5 Å². The van der Waals surface area contributed by atoms with Gasteiger partial charge in [-0.15, -0.1) is 0 Å². The SMILES string of the molecule is CCCNC(=O)c1ccc(-n2cnc3ccccc3c2=O)cc1. The average Bonchev–Trinajstić information content (AvgIpc) is 2.60. The Morgan fingerprint density at radius 2 is 1.87 bits per heavy atom. The minimum absolute atomic E-state index is 0.109. The fraction of sp³-hybridized carbons (Fsp3) is 0.167. The molecule has 0 aliphatic rings. The summed E-state index contributed by atoms with van der Waals surface area (Å²) in [4.78, 5) is 28.7. The van der Waals surface area contributed by atoms with E-state index in [0.717, 1.165) is 6.42 Å². The first-order valence-corrected chi connectivity index (χ1v) is 7.55. The Kier molecular flexibility index (Phi) is 4.19. The molecule has 3 rings (SSSR count). The zero-order chi connectivity index (χ0) is 16.2. The minimum Gasteiger partial charge on any atom is -0.352 e. The zero-order valence-corrected chi connectivity index (χ0v) is 12.8. The second-order valence-corrected chi connectivity index (χ2v) is 5.24. The van der Waals surface area contributed by atoms with Crippen LogP contribution < -0.4 is 10.9 Å². The van der Waals surface area contributed by atoms with Crippen LogP contribution in [0.3, 0.4) is 0 Å². The lowest BCUT2D eigenvalue weighted by Crippen LogP contribution is -2.24. The number of benzene rings is 2. The highest BCUT2D eigenvalue weighted by Crippen LogP contribution is 2.10. The molecule has 5 heteroatoms. The molecule has 2 aromatic carbocycles. The van der Waals surface area contributed by atoms with Crippen molar-refractivity contribution >= 4 is 16.8 Å². The van der Waals surface area contributed by atoms with Crippen LogP contribution in [-0.4, -0.2) is 22.0 Å². The highest BCUT2D eigenvalue weighted by molar-refractivity contribution is 5.94. The lowest BCUT2D eigenvalue weighted by molar-refractivity contribution is 0.0953. The molecule has 0 atom stereocenters. The number of hydrogen-bond donors (Lipinski definition) is 1. The molecule has 0 spiro atoms. The van der Waals surface area contributed by atoms with Gasteiger partial charge in [0.15, 0.2) is 0 Å². The van der Waals surface area contributed by atoms with Crippen molar-refractivity contribution in [2.75, 3.05) is 6.54 Å². The summed E-state index contributed by atoms with van der Waals surface area (Å²) < 4.78 is 1.48. The van der Waals surface area contributed by atoms with Crippen molar-refractivity contribution in [3.05, 3.63) is 70.8 Å². The fourth-order valence-electron chi connectivity index (χ4n) is 2.37. The molecular weight excluding hydrogens is 290 g/mol. The van der Waals surface area contributed by atoms with Gasteiger partial charge in [-0.1, -0.05) is 19.1 Å². The van der Waals surface area contributed by atoms with Crippen molar-refractivity contribution in [3.8, 4) is 5.69 Å². The first kappa shape index (κ1) is 15.0. The lowest BCUT2D eigenvalue weighted by atomic mass is 10.2. The number of nitrogens with one attached hydrogen (secondary N) is 1. The van der Waals surface area contributed by atoms with Gasteiger partial charge in [-0.25, -0.2) is 4.98 Å². The molecule has 0 radical (unpaired) electrons. The fourth-order valence-corrected chi connectivity index (χ4v) is 2.37. The number of aromatic nitrogens is 2. The van der Waals surface area contributed by atoms with Gasteiger partial charge in [0.2, 0.25) is 0 Å². The zero-order valence-electron chi connectivity index (χ0n) is 12.8. The summed E-state index contributed by atoms with van der Waals surface area (Å²) >= 11 is 0. The maximum absolute atomic E-state index is 12.5. The molecule has 1 aromatic heterocycles. The summed E-state index contributed by atoms with van der Waals surface area (Å²) in [5.74, 6) is -0.109. The molecule has 0 aliphatic carbocycles. The van der Waals surface area contributed by atoms with Crippen LogP contribution >= 0.6 is 0 Å². The van der Waals surface area contributed by atoms with Crippen molar-refractivity contribution < 1.29 is 4.79 Å². The predicted octanol–water partition coefficient (Wildman–Crippen LogP) is 2.53. The normalized spacial score (nSPS) is 10.7. The van der Waals surface area contributed by atoms with Gasteiger partial charge in [-0.3, -0.25) is 14.2 Å². The summed E-state index contributed by atoms with van der Waals surface area (Å²) in [6.45, 7) is 2.65. The van der Waals surface area contributed by atoms with Crippen LogP contribution in [0.15, 0.2) is 59.7 Å². The van der Waals surface area contributed by atoms with Crippen molar-refractivity contribution in [2.24, 2.45) is 0 Å². The highest BCUT2D eigenvalue weighted by Gasteiger charge is 2.07. The summed E-state index contributed by atoms with van der Waals surface area (Å²) in [5, 5.41) is 3.39. The van der Waals surface area contributed by atoms with Gasteiger partial charge >= 0.3 is 0 Å². The number of fused-ring (bicyclic) bond motifs is 1. The van der Waals surface area contributed by atoms with Crippen molar-refractivity contribution in [1.82, 2.24) is 14.9 Å². The smallest absolute Gasteiger partial charge is 0.265 e. The molecule has 23 heavy (non-hydrogen) atoms. The van der Waals surface area contributed by atoms with E-state index in [1.54, 1.807) is 30.3 Å². The number of nitrogens with zero attached hydrogens (tertiary/aromatic N) is 2. The van der Waals surface area contributed by atoms with Crippen molar-refractivity contribution in [3.63, 3.8) is 0 Å². The predicted molar refractivity (Wildman–Crippen MR) is 90.0 cm³/mol. The first-order valence-electron chi connectivity index (χ1n) is 7.55. The summed E-state index contributed by atoms with van der Waals surface area (Å²) in [5.41, 5.74) is 1.80. The van der Waals surface area contributed by atoms with Crippen LogP contribution in [0, 0.1) is 0 Å². The van der Waals surface area contributed by atoms with Crippen LogP contribution in [0.1, 0.15) is 23.7 Å². The Hall–Kier alpha value is -2.95. The molecule has 0 aliphatic heterocycles. The van der Waals surface area contributed by atoms with Gasteiger partial charge in [0.25, 0.3) is 11.5 Å². The van der Waals surface area contributed by atoms with Gasteiger partial charge in [-0.05, 0) is 42.8 Å². The van der Waals surface area contributed by atoms with E-state index in [2.05, 4.69) is 10.3 Å². The second kappa shape index (κ2) is 6.44. The van der Waals surface area contributed by atoms with E-state index in [1.807, 2.05) is 25.1 Å². The minimum atomic E-state index is -0.126. The van der Waals surface area contributed by atoms with Crippen LogP contribution in [0.5, 0.6) is 0 Å². The first-order chi connectivity index (χ1) is 11.2. The number of amides is 1. The lowest BCUT2D eigenvalue weighted by Gasteiger charge is -2.08. The van der Waals surface area contributed by atoms with Gasteiger partial charge < -0.3 is 5.32 Å². The number of hydrogen-bond acceptors (Lipinski definition) is 3.